The second-order valence-corrected chi connectivity index (χ2v) is 2.72. The van der Waals surface area contributed by atoms with Gasteiger partial charge in [-0.1, -0.05) is 27.2 Å². The van der Waals surface area contributed by atoms with Crippen LogP contribution in [0.3, 0.4) is 0 Å². The summed E-state index contributed by atoms with van der Waals surface area (Å²) in [5.74, 6) is 3.89. The van der Waals surface area contributed by atoms with Gasteiger partial charge in [-0.15, -0.1) is 12.3 Å². The van der Waals surface area contributed by atoms with E-state index in [1.807, 2.05) is 0 Å². The van der Waals surface area contributed by atoms with E-state index in [1.54, 1.807) is 0 Å². The minimum atomic E-state index is 0.449. The van der Waals surface area contributed by atoms with Crippen molar-refractivity contribution in [3.63, 3.8) is 0 Å². The van der Waals surface area contributed by atoms with Crippen LogP contribution in [0.2, 0.25) is 0 Å². The van der Waals surface area contributed by atoms with E-state index in [4.69, 9.17) is 6.42 Å². The molecule has 0 amide bonds. The Balaban J connectivity index is 3.48. The topological polar surface area (TPSA) is 0 Å². The van der Waals surface area contributed by atoms with Crippen LogP contribution in [-0.4, -0.2) is 0 Å². The first-order valence-corrected chi connectivity index (χ1v) is 3.68. The van der Waals surface area contributed by atoms with E-state index in [0.29, 0.717) is 11.8 Å². The van der Waals surface area contributed by atoms with Crippen molar-refractivity contribution in [2.75, 3.05) is 0 Å². The first kappa shape index (κ1) is 8.56. The van der Waals surface area contributed by atoms with Crippen LogP contribution in [0, 0.1) is 24.2 Å². The summed E-state index contributed by atoms with van der Waals surface area (Å²) in [5, 5.41) is 0. The third kappa shape index (κ3) is 3.19. The highest BCUT2D eigenvalue weighted by atomic mass is 14.1. The lowest BCUT2D eigenvalue weighted by atomic mass is 9.93. The van der Waals surface area contributed by atoms with Gasteiger partial charge in [0.2, 0.25) is 0 Å². The summed E-state index contributed by atoms with van der Waals surface area (Å²) in [4.78, 5) is 0. The van der Waals surface area contributed by atoms with Gasteiger partial charge in [-0.05, 0) is 12.3 Å². The number of hydrogen-bond acceptors (Lipinski definition) is 0. The Hall–Kier alpha value is -0.440. The maximum absolute atomic E-state index is 5.25. The molecule has 0 saturated heterocycles. The van der Waals surface area contributed by atoms with E-state index >= 15 is 0 Å². The summed E-state index contributed by atoms with van der Waals surface area (Å²) < 4.78 is 0. The van der Waals surface area contributed by atoms with Crippen LogP contribution in [0.4, 0.5) is 0 Å². The Morgan fingerprint density at radius 3 is 2.33 bits per heavy atom. The van der Waals surface area contributed by atoms with Gasteiger partial charge in [-0.3, -0.25) is 0 Å². The lowest BCUT2D eigenvalue weighted by molar-refractivity contribution is 0.435. The van der Waals surface area contributed by atoms with Crippen LogP contribution >= 0.6 is 0 Å². The highest BCUT2D eigenvalue weighted by Crippen LogP contribution is 2.14. The standard InChI is InChI=1S/C9H16/c1-5-7-9(4)8(3)6-2/h2,8-9H,5,7H2,1,3-4H3. The van der Waals surface area contributed by atoms with Gasteiger partial charge < -0.3 is 0 Å². The fourth-order valence-corrected chi connectivity index (χ4v) is 0.870. The molecule has 0 aromatic rings. The molecule has 0 aliphatic rings. The number of terminal acetylenes is 1. The van der Waals surface area contributed by atoms with Crippen LogP contribution in [-0.2, 0) is 0 Å². The molecular weight excluding hydrogens is 108 g/mol. The van der Waals surface area contributed by atoms with Crippen molar-refractivity contribution in [2.45, 2.75) is 33.6 Å². The van der Waals surface area contributed by atoms with Crippen molar-refractivity contribution in [1.29, 1.82) is 0 Å². The molecule has 0 N–H and O–H groups in total. The molecule has 2 atom stereocenters. The average Bonchev–Trinajstić information content (AvgIpc) is 1.87. The highest BCUT2D eigenvalue weighted by Gasteiger charge is 2.06. The van der Waals surface area contributed by atoms with Crippen molar-refractivity contribution in [1.82, 2.24) is 0 Å². The highest BCUT2D eigenvalue weighted by molar-refractivity contribution is 4.92. The van der Waals surface area contributed by atoms with Crippen molar-refractivity contribution in [3.8, 4) is 12.3 Å². The minimum absolute atomic E-state index is 0.449. The Kier molecular flexibility index (Phi) is 4.22. The maximum atomic E-state index is 5.25. The molecule has 0 heteroatoms. The van der Waals surface area contributed by atoms with Gasteiger partial charge in [-0.2, -0.15) is 0 Å². The van der Waals surface area contributed by atoms with E-state index < -0.39 is 0 Å². The Morgan fingerprint density at radius 2 is 2.00 bits per heavy atom. The van der Waals surface area contributed by atoms with Crippen molar-refractivity contribution in [2.24, 2.45) is 11.8 Å². The summed E-state index contributed by atoms with van der Waals surface area (Å²) in [6, 6.07) is 0. The molecule has 0 bridgehead atoms. The molecule has 0 spiro atoms. The fourth-order valence-electron chi connectivity index (χ4n) is 0.870. The first-order valence-electron chi connectivity index (χ1n) is 3.68. The smallest absolute Gasteiger partial charge is 0.0197 e. The fraction of sp³-hybridized carbons (Fsp3) is 0.778. The monoisotopic (exact) mass is 124 g/mol. The van der Waals surface area contributed by atoms with Crippen LogP contribution in [0.15, 0.2) is 0 Å². The predicted molar refractivity (Wildman–Crippen MR) is 42.1 cm³/mol. The Labute approximate surface area is 58.7 Å². The van der Waals surface area contributed by atoms with Gasteiger partial charge >= 0.3 is 0 Å². The van der Waals surface area contributed by atoms with Crippen LogP contribution < -0.4 is 0 Å². The lowest BCUT2D eigenvalue weighted by Crippen LogP contribution is -2.04. The lowest BCUT2D eigenvalue weighted by Gasteiger charge is -2.12. The average molecular weight is 124 g/mol. The van der Waals surface area contributed by atoms with E-state index in [2.05, 4.69) is 26.7 Å². The van der Waals surface area contributed by atoms with Gasteiger partial charge in [-0.25, -0.2) is 0 Å². The molecule has 0 aliphatic carbocycles. The Morgan fingerprint density at radius 1 is 1.44 bits per heavy atom. The zero-order valence-corrected chi connectivity index (χ0v) is 6.65. The SMILES string of the molecule is C#CC(C)C(C)CCC. The first-order chi connectivity index (χ1) is 4.22. The normalized spacial score (nSPS) is 16.2. The molecule has 52 valence electrons. The summed E-state index contributed by atoms with van der Waals surface area (Å²) in [7, 11) is 0. The van der Waals surface area contributed by atoms with Crippen molar-refractivity contribution < 1.29 is 0 Å². The summed E-state index contributed by atoms with van der Waals surface area (Å²) in [6.45, 7) is 6.52. The largest absolute Gasteiger partial charge is 0.120 e. The van der Waals surface area contributed by atoms with Gasteiger partial charge in [0.1, 0.15) is 0 Å². The van der Waals surface area contributed by atoms with E-state index in [-0.39, 0.29) is 0 Å². The van der Waals surface area contributed by atoms with Crippen LogP contribution in [0.1, 0.15) is 33.6 Å². The quantitative estimate of drug-likeness (QED) is 0.507. The van der Waals surface area contributed by atoms with Gasteiger partial charge in [0.25, 0.3) is 0 Å². The van der Waals surface area contributed by atoms with Crippen LogP contribution in [0.5, 0.6) is 0 Å². The van der Waals surface area contributed by atoms with Crippen LogP contribution in [0.25, 0.3) is 0 Å². The second kappa shape index (κ2) is 4.44. The summed E-state index contributed by atoms with van der Waals surface area (Å²) >= 11 is 0. The summed E-state index contributed by atoms with van der Waals surface area (Å²) in [6.07, 6.45) is 7.75. The molecule has 0 heterocycles. The molecular formula is C9H16. The zero-order valence-electron chi connectivity index (χ0n) is 6.65. The molecule has 0 aromatic heterocycles. The molecule has 0 aliphatic heterocycles. The predicted octanol–water partition coefficient (Wildman–Crippen LogP) is 2.69. The van der Waals surface area contributed by atoms with E-state index in [9.17, 15) is 0 Å². The third-order valence-corrected chi connectivity index (χ3v) is 1.86. The molecule has 0 rings (SSSR count). The maximum Gasteiger partial charge on any atom is 0.0197 e. The number of rotatable bonds is 3. The van der Waals surface area contributed by atoms with Crippen molar-refractivity contribution >= 4 is 0 Å². The second-order valence-electron chi connectivity index (χ2n) is 2.72. The Bertz CT molecular complexity index is 97.1. The molecule has 0 radical (unpaired) electrons. The van der Waals surface area contributed by atoms with Gasteiger partial charge in [0.05, 0.1) is 0 Å². The molecule has 0 saturated carbocycles. The minimum Gasteiger partial charge on any atom is -0.120 e. The molecule has 0 fully saturated rings. The third-order valence-electron chi connectivity index (χ3n) is 1.86. The van der Waals surface area contributed by atoms with Gasteiger partial charge in [0.15, 0.2) is 0 Å². The van der Waals surface area contributed by atoms with Crippen molar-refractivity contribution in [3.05, 3.63) is 0 Å². The number of hydrogen-bond donors (Lipinski definition) is 0. The molecule has 9 heavy (non-hydrogen) atoms. The summed E-state index contributed by atoms with van der Waals surface area (Å²) in [5.41, 5.74) is 0. The van der Waals surface area contributed by atoms with E-state index in [1.165, 1.54) is 12.8 Å². The van der Waals surface area contributed by atoms with E-state index in [0.717, 1.165) is 0 Å². The molecule has 0 nitrogen and oxygen atoms in total. The molecule has 2 unspecified atom stereocenters. The zero-order chi connectivity index (χ0) is 7.28. The molecule has 0 aromatic carbocycles. The van der Waals surface area contributed by atoms with Gasteiger partial charge in [0, 0.05) is 5.92 Å².